The maximum absolute atomic E-state index is 13.0. The predicted octanol–water partition coefficient (Wildman–Crippen LogP) is 2.65. The van der Waals surface area contributed by atoms with E-state index in [1.807, 2.05) is 0 Å². The van der Waals surface area contributed by atoms with Crippen molar-refractivity contribution < 1.29 is 28.9 Å². The van der Waals surface area contributed by atoms with Crippen molar-refractivity contribution >= 4 is 17.3 Å². The Labute approximate surface area is 169 Å². The number of phenols is 1. The average molecular weight is 399 g/mol. The SMILES string of the molecule is COCCOCCOCCCNc1ccc(O)c2c1C(=O)c1ccccc1C2=O. The molecule has 0 saturated heterocycles. The molecule has 2 N–H and O–H groups in total. The highest BCUT2D eigenvalue weighted by Gasteiger charge is 2.33. The number of fused-ring (bicyclic) bond motifs is 2. The van der Waals surface area contributed by atoms with E-state index in [-0.39, 0.29) is 28.4 Å². The van der Waals surface area contributed by atoms with Crippen LogP contribution in [0, 0.1) is 0 Å². The summed E-state index contributed by atoms with van der Waals surface area (Å²) in [5.41, 5.74) is 1.49. The van der Waals surface area contributed by atoms with E-state index in [4.69, 9.17) is 14.2 Å². The molecule has 7 nitrogen and oxygen atoms in total. The molecule has 2 aromatic carbocycles. The second-order valence-electron chi connectivity index (χ2n) is 6.58. The second kappa shape index (κ2) is 10.2. The molecule has 0 fully saturated rings. The number of hydrogen-bond acceptors (Lipinski definition) is 7. The van der Waals surface area contributed by atoms with E-state index in [0.717, 1.165) is 0 Å². The Balaban J connectivity index is 1.57. The Morgan fingerprint density at radius 3 is 2.14 bits per heavy atom. The van der Waals surface area contributed by atoms with Gasteiger partial charge >= 0.3 is 0 Å². The number of ketones is 2. The minimum Gasteiger partial charge on any atom is -0.507 e. The summed E-state index contributed by atoms with van der Waals surface area (Å²) in [6, 6.07) is 9.73. The average Bonchev–Trinajstić information content (AvgIpc) is 2.74. The van der Waals surface area contributed by atoms with Crippen LogP contribution >= 0.6 is 0 Å². The van der Waals surface area contributed by atoms with Crippen LogP contribution in [0.25, 0.3) is 0 Å². The van der Waals surface area contributed by atoms with Crippen molar-refractivity contribution in [3.8, 4) is 5.75 Å². The fourth-order valence-corrected chi connectivity index (χ4v) is 3.21. The number of aromatic hydroxyl groups is 1. The van der Waals surface area contributed by atoms with Gasteiger partial charge in [0.25, 0.3) is 0 Å². The minimum atomic E-state index is -0.340. The van der Waals surface area contributed by atoms with E-state index in [9.17, 15) is 14.7 Å². The Morgan fingerprint density at radius 2 is 1.45 bits per heavy atom. The zero-order valence-corrected chi connectivity index (χ0v) is 16.4. The second-order valence-corrected chi connectivity index (χ2v) is 6.58. The summed E-state index contributed by atoms with van der Waals surface area (Å²) in [4.78, 5) is 25.7. The third-order valence-electron chi connectivity index (χ3n) is 4.64. The first kappa shape index (κ1) is 21.0. The Morgan fingerprint density at radius 1 is 0.828 bits per heavy atom. The van der Waals surface area contributed by atoms with E-state index in [1.54, 1.807) is 37.4 Å². The summed E-state index contributed by atoms with van der Waals surface area (Å²) in [5, 5.41) is 13.4. The standard InChI is InChI=1S/C22H25NO6/c1-27-11-12-29-14-13-28-10-4-9-23-17-7-8-18(24)20-19(17)21(25)15-5-2-3-6-16(15)22(20)26/h2-3,5-8,23-24H,4,9-14H2,1H3. The molecule has 29 heavy (non-hydrogen) atoms. The van der Waals surface area contributed by atoms with Gasteiger partial charge in [-0.3, -0.25) is 9.59 Å². The van der Waals surface area contributed by atoms with E-state index in [1.165, 1.54) is 6.07 Å². The molecule has 154 valence electrons. The molecule has 0 atom stereocenters. The highest BCUT2D eigenvalue weighted by molar-refractivity contribution is 6.31. The molecule has 2 aromatic rings. The van der Waals surface area contributed by atoms with Gasteiger partial charge in [0.05, 0.1) is 37.6 Å². The van der Waals surface area contributed by atoms with Crippen molar-refractivity contribution in [2.24, 2.45) is 0 Å². The van der Waals surface area contributed by atoms with Gasteiger partial charge < -0.3 is 24.6 Å². The normalized spacial score (nSPS) is 12.6. The number of benzene rings is 2. The highest BCUT2D eigenvalue weighted by Crippen LogP contribution is 2.36. The molecule has 3 rings (SSSR count). The van der Waals surface area contributed by atoms with Crippen LogP contribution < -0.4 is 5.32 Å². The smallest absolute Gasteiger partial charge is 0.198 e. The molecule has 0 radical (unpaired) electrons. The maximum atomic E-state index is 13.0. The first-order valence-electron chi connectivity index (χ1n) is 9.58. The van der Waals surface area contributed by atoms with Crippen LogP contribution in [0.1, 0.15) is 38.3 Å². The molecule has 1 aliphatic carbocycles. The quantitative estimate of drug-likeness (QED) is 0.378. The van der Waals surface area contributed by atoms with Gasteiger partial charge in [0.15, 0.2) is 11.6 Å². The predicted molar refractivity (Wildman–Crippen MR) is 108 cm³/mol. The Kier molecular flexibility index (Phi) is 7.35. The lowest BCUT2D eigenvalue weighted by atomic mass is 9.82. The number of ether oxygens (including phenoxy) is 3. The van der Waals surface area contributed by atoms with Gasteiger partial charge in [-0.1, -0.05) is 24.3 Å². The van der Waals surface area contributed by atoms with Crippen LogP contribution in [-0.4, -0.2) is 63.4 Å². The van der Waals surface area contributed by atoms with Gasteiger partial charge in [-0.2, -0.15) is 0 Å². The van der Waals surface area contributed by atoms with E-state index < -0.39 is 0 Å². The van der Waals surface area contributed by atoms with E-state index in [2.05, 4.69) is 5.32 Å². The van der Waals surface area contributed by atoms with Crippen LogP contribution in [0.5, 0.6) is 5.75 Å². The van der Waals surface area contributed by atoms with Crippen LogP contribution in [-0.2, 0) is 14.2 Å². The fraction of sp³-hybridized carbons (Fsp3) is 0.364. The Bertz CT molecular complexity index is 880. The lowest BCUT2D eigenvalue weighted by molar-refractivity contribution is 0.0248. The van der Waals surface area contributed by atoms with Crippen molar-refractivity contribution in [3.63, 3.8) is 0 Å². The highest BCUT2D eigenvalue weighted by atomic mass is 16.5. The summed E-state index contributed by atoms with van der Waals surface area (Å²) < 4.78 is 15.7. The van der Waals surface area contributed by atoms with Gasteiger partial charge in [-0.25, -0.2) is 0 Å². The number of carbonyl (C=O) groups excluding carboxylic acids is 2. The molecular weight excluding hydrogens is 374 g/mol. The molecule has 1 aliphatic rings. The topological polar surface area (TPSA) is 94.1 Å². The number of anilines is 1. The van der Waals surface area contributed by atoms with Crippen LogP contribution in [0.4, 0.5) is 5.69 Å². The molecular formula is C22H25NO6. The maximum Gasteiger partial charge on any atom is 0.198 e. The van der Waals surface area contributed by atoms with Crippen LogP contribution in [0.3, 0.4) is 0 Å². The number of hydrogen-bond donors (Lipinski definition) is 2. The lowest BCUT2D eigenvalue weighted by Crippen LogP contribution is -2.23. The molecule has 7 heteroatoms. The van der Waals surface area contributed by atoms with Gasteiger partial charge in [-0.15, -0.1) is 0 Å². The molecule has 0 saturated carbocycles. The van der Waals surface area contributed by atoms with Gasteiger partial charge in [0.2, 0.25) is 0 Å². The largest absolute Gasteiger partial charge is 0.507 e. The van der Waals surface area contributed by atoms with Crippen molar-refractivity contribution in [1.29, 1.82) is 0 Å². The molecule has 0 bridgehead atoms. The van der Waals surface area contributed by atoms with Gasteiger partial charge in [0.1, 0.15) is 5.75 Å². The van der Waals surface area contributed by atoms with Crippen LogP contribution in [0.15, 0.2) is 36.4 Å². The number of nitrogens with one attached hydrogen (secondary N) is 1. The van der Waals surface area contributed by atoms with Crippen molar-refractivity contribution in [2.45, 2.75) is 6.42 Å². The molecule has 0 aromatic heterocycles. The van der Waals surface area contributed by atoms with Crippen molar-refractivity contribution in [3.05, 3.63) is 58.7 Å². The zero-order valence-electron chi connectivity index (χ0n) is 16.4. The van der Waals surface area contributed by atoms with Crippen LogP contribution in [0.2, 0.25) is 0 Å². The molecule has 0 spiro atoms. The first-order valence-corrected chi connectivity index (χ1v) is 9.58. The Hall–Kier alpha value is -2.74. The van der Waals surface area contributed by atoms with Crippen molar-refractivity contribution in [2.75, 3.05) is 52.0 Å². The summed E-state index contributed by atoms with van der Waals surface area (Å²) >= 11 is 0. The van der Waals surface area contributed by atoms with Gasteiger partial charge in [0, 0.05) is 37.1 Å². The van der Waals surface area contributed by atoms with Gasteiger partial charge in [-0.05, 0) is 18.6 Å². The minimum absolute atomic E-state index is 0.0585. The third-order valence-corrected chi connectivity index (χ3v) is 4.64. The molecule has 0 amide bonds. The summed E-state index contributed by atoms with van der Waals surface area (Å²) in [7, 11) is 1.63. The number of rotatable bonds is 11. The summed E-state index contributed by atoms with van der Waals surface area (Å²) in [6.45, 7) is 3.22. The lowest BCUT2D eigenvalue weighted by Gasteiger charge is -2.21. The van der Waals surface area contributed by atoms with E-state index in [0.29, 0.717) is 62.8 Å². The molecule has 0 heterocycles. The van der Waals surface area contributed by atoms with E-state index >= 15 is 0 Å². The number of phenolic OH excluding ortho intramolecular Hbond substituents is 1. The zero-order chi connectivity index (χ0) is 20.6. The molecule has 0 aliphatic heterocycles. The first-order chi connectivity index (χ1) is 14.1. The fourth-order valence-electron chi connectivity index (χ4n) is 3.21. The van der Waals surface area contributed by atoms with Crippen molar-refractivity contribution in [1.82, 2.24) is 0 Å². The third kappa shape index (κ3) is 4.82. The summed E-state index contributed by atoms with van der Waals surface area (Å²) in [5.74, 6) is -0.790. The number of methoxy groups -OCH3 is 1. The molecule has 0 unspecified atom stereocenters. The monoisotopic (exact) mass is 399 g/mol. The summed E-state index contributed by atoms with van der Waals surface area (Å²) in [6.07, 6.45) is 0.715. The number of carbonyl (C=O) groups is 2.